The summed E-state index contributed by atoms with van der Waals surface area (Å²) >= 11 is 0. The highest BCUT2D eigenvalue weighted by molar-refractivity contribution is 7.92. The summed E-state index contributed by atoms with van der Waals surface area (Å²) in [6.45, 7) is 7.08. The lowest BCUT2D eigenvalue weighted by molar-refractivity contribution is -0.120. The molecule has 0 radical (unpaired) electrons. The van der Waals surface area contributed by atoms with Crippen LogP contribution in [0.5, 0.6) is 11.5 Å². The molecule has 3 rings (SSSR count). The zero-order valence-electron chi connectivity index (χ0n) is 21.0. The van der Waals surface area contributed by atoms with Crippen LogP contribution < -0.4 is 19.1 Å². The van der Waals surface area contributed by atoms with Gasteiger partial charge < -0.3 is 14.8 Å². The van der Waals surface area contributed by atoms with Crippen LogP contribution in [0.15, 0.2) is 65.6 Å². The van der Waals surface area contributed by atoms with E-state index >= 15 is 0 Å². The first-order valence-electron chi connectivity index (χ1n) is 11.3. The number of sulfonamides is 1. The van der Waals surface area contributed by atoms with Crippen LogP contribution in [0.1, 0.15) is 35.2 Å². The summed E-state index contributed by atoms with van der Waals surface area (Å²) < 4.78 is 39.3. The van der Waals surface area contributed by atoms with E-state index in [1.807, 2.05) is 33.8 Å². The fraction of sp³-hybridized carbons (Fsp3) is 0.296. The summed E-state index contributed by atoms with van der Waals surface area (Å²) in [4.78, 5) is 13.3. The summed E-state index contributed by atoms with van der Waals surface area (Å²) in [5, 5.41) is 2.91. The zero-order valence-corrected chi connectivity index (χ0v) is 21.8. The van der Waals surface area contributed by atoms with Crippen molar-refractivity contribution in [1.29, 1.82) is 0 Å². The molecular formula is C27H32N2O5S. The van der Waals surface area contributed by atoms with Crippen molar-refractivity contribution in [2.24, 2.45) is 0 Å². The van der Waals surface area contributed by atoms with Gasteiger partial charge in [0.1, 0.15) is 18.0 Å². The molecule has 3 aromatic carbocycles. The summed E-state index contributed by atoms with van der Waals surface area (Å²) in [5.41, 5.74) is 3.85. The first kappa shape index (κ1) is 26.1. The van der Waals surface area contributed by atoms with Crippen molar-refractivity contribution < 1.29 is 22.7 Å². The molecular weight excluding hydrogens is 464 g/mol. The summed E-state index contributed by atoms with van der Waals surface area (Å²) in [6.07, 6.45) is 0. The molecule has 0 saturated carbocycles. The molecule has 1 atom stereocenters. The minimum Gasteiger partial charge on any atom is -0.497 e. The maximum atomic E-state index is 13.7. The second-order valence-electron chi connectivity index (χ2n) is 8.44. The highest BCUT2D eigenvalue weighted by Crippen LogP contribution is 2.31. The normalized spacial score (nSPS) is 12.1. The van der Waals surface area contributed by atoms with Crippen LogP contribution in [0.3, 0.4) is 0 Å². The number of benzene rings is 3. The van der Waals surface area contributed by atoms with Crippen molar-refractivity contribution in [2.75, 3.05) is 25.1 Å². The minimum absolute atomic E-state index is 0.124. The number of anilines is 1. The Hall–Kier alpha value is -3.52. The van der Waals surface area contributed by atoms with E-state index in [2.05, 4.69) is 5.32 Å². The smallest absolute Gasteiger partial charge is 0.264 e. The maximum Gasteiger partial charge on any atom is 0.264 e. The molecule has 0 aliphatic carbocycles. The summed E-state index contributed by atoms with van der Waals surface area (Å²) in [5.74, 6) is 0.775. The third-order valence-electron chi connectivity index (χ3n) is 6.02. The lowest BCUT2D eigenvalue weighted by Crippen LogP contribution is -2.42. The van der Waals surface area contributed by atoms with E-state index in [-0.39, 0.29) is 11.4 Å². The van der Waals surface area contributed by atoms with Crippen molar-refractivity contribution in [2.45, 2.75) is 38.6 Å². The highest BCUT2D eigenvalue weighted by Gasteiger charge is 2.29. The van der Waals surface area contributed by atoms with Gasteiger partial charge in [-0.15, -0.1) is 0 Å². The van der Waals surface area contributed by atoms with Gasteiger partial charge in [-0.3, -0.25) is 9.10 Å². The standard InChI is InChI=1S/C27H32N2O5S/c1-18-10-13-23(14-11-18)35(31,32)29(25-9-7-8-19(2)20(25)3)17-27(30)28-21(4)24-16-22(33-5)12-15-26(24)34-6/h7-16,21H,17H2,1-6H3,(H,28,30)/t21-/m0/s1. The van der Waals surface area contributed by atoms with Crippen LogP contribution in [0.4, 0.5) is 5.69 Å². The monoisotopic (exact) mass is 496 g/mol. The molecule has 3 aromatic rings. The predicted octanol–water partition coefficient (Wildman–Crippen LogP) is 4.70. The largest absolute Gasteiger partial charge is 0.497 e. The van der Waals surface area contributed by atoms with E-state index in [0.29, 0.717) is 17.2 Å². The number of carbonyl (C=O) groups is 1. The topological polar surface area (TPSA) is 84.9 Å². The Morgan fingerprint density at radius 3 is 2.29 bits per heavy atom. The van der Waals surface area contributed by atoms with E-state index < -0.39 is 22.0 Å². The summed E-state index contributed by atoms with van der Waals surface area (Å²) in [7, 11) is -0.887. The first-order valence-corrected chi connectivity index (χ1v) is 12.7. The Labute approximate surface area is 207 Å². The van der Waals surface area contributed by atoms with E-state index in [0.717, 1.165) is 22.3 Å². The number of ether oxygens (including phenoxy) is 2. The second-order valence-corrected chi connectivity index (χ2v) is 10.3. The van der Waals surface area contributed by atoms with Crippen molar-refractivity contribution in [3.63, 3.8) is 0 Å². The Morgan fingerprint density at radius 1 is 0.971 bits per heavy atom. The maximum absolute atomic E-state index is 13.7. The van der Waals surface area contributed by atoms with E-state index in [9.17, 15) is 13.2 Å². The fourth-order valence-corrected chi connectivity index (χ4v) is 5.29. The average Bonchev–Trinajstić information content (AvgIpc) is 2.84. The minimum atomic E-state index is -4.00. The number of carbonyl (C=O) groups excluding carboxylic acids is 1. The van der Waals surface area contributed by atoms with Crippen molar-refractivity contribution >= 4 is 21.6 Å². The van der Waals surface area contributed by atoms with Gasteiger partial charge >= 0.3 is 0 Å². The van der Waals surface area contributed by atoms with Gasteiger partial charge in [-0.25, -0.2) is 8.42 Å². The lowest BCUT2D eigenvalue weighted by atomic mass is 10.1. The van der Waals surface area contributed by atoms with Crippen molar-refractivity contribution in [1.82, 2.24) is 5.32 Å². The summed E-state index contributed by atoms with van der Waals surface area (Å²) in [6, 6.07) is 16.9. The van der Waals surface area contributed by atoms with Crippen LogP contribution in [0.25, 0.3) is 0 Å². The molecule has 186 valence electrons. The Kier molecular flexibility index (Phi) is 8.07. The van der Waals surface area contributed by atoms with E-state index in [4.69, 9.17) is 9.47 Å². The third kappa shape index (κ3) is 5.77. The van der Waals surface area contributed by atoms with Crippen LogP contribution in [0.2, 0.25) is 0 Å². The number of methoxy groups -OCH3 is 2. The molecule has 35 heavy (non-hydrogen) atoms. The quantitative estimate of drug-likeness (QED) is 0.464. The molecule has 1 amide bonds. The van der Waals surface area contributed by atoms with Gasteiger partial charge in [0.2, 0.25) is 5.91 Å². The molecule has 0 spiro atoms. The molecule has 8 heteroatoms. The zero-order chi connectivity index (χ0) is 25.8. The number of hydrogen-bond donors (Lipinski definition) is 1. The van der Waals surface area contributed by atoms with E-state index in [1.165, 1.54) is 4.31 Å². The molecule has 0 unspecified atom stereocenters. The molecule has 0 heterocycles. The second kappa shape index (κ2) is 10.8. The van der Waals surface area contributed by atoms with E-state index in [1.54, 1.807) is 68.8 Å². The van der Waals surface area contributed by atoms with Gasteiger partial charge in [-0.05, 0) is 75.2 Å². The third-order valence-corrected chi connectivity index (χ3v) is 7.80. The molecule has 1 N–H and O–H groups in total. The molecule has 0 aliphatic rings. The molecule has 0 aromatic heterocycles. The van der Waals surface area contributed by atoms with Crippen LogP contribution in [0, 0.1) is 20.8 Å². The molecule has 7 nitrogen and oxygen atoms in total. The van der Waals surface area contributed by atoms with Crippen LogP contribution in [-0.4, -0.2) is 35.1 Å². The molecule has 0 saturated heterocycles. The number of hydrogen-bond acceptors (Lipinski definition) is 5. The molecule has 0 aliphatic heterocycles. The van der Waals surface area contributed by atoms with Gasteiger partial charge in [0.15, 0.2) is 0 Å². The lowest BCUT2D eigenvalue weighted by Gasteiger charge is -2.27. The van der Waals surface area contributed by atoms with Gasteiger partial charge in [-0.1, -0.05) is 29.8 Å². The van der Waals surface area contributed by atoms with Gasteiger partial charge in [-0.2, -0.15) is 0 Å². The number of nitrogens with zero attached hydrogens (tertiary/aromatic N) is 1. The first-order chi connectivity index (χ1) is 16.6. The SMILES string of the molecule is COc1ccc(OC)c([C@H](C)NC(=O)CN(c2cccc(C)c2C)S(=O)(=O)c2ccc(C)cc2)c1. The number of nitrogens with one attached hydrogen (secondary N) is 1. The van der Waals surface area contributed by atoms with Gasteiger partial charge in [0.25, 0.3) is 10.0 Å². The fourth-order valence-electron chi connectivity index (χ4n) is 3.82. The Morgan fingerprint density at radius 2 is 1.66 bits per heavy atom. The van der Waals surface area contributed by atoms with Crippen LogP contribution >= 0.6 is 0 Å². The molecule has 0 bridgehead atoms. The highest BCUT2D eigenvalue weighted by atomic mass is 32.2. The number of amides is 1. The predicted molar refractivity (Wildman–Crippen MR) is 138 cm³/mol. The average molecular weight is 497 g/mol. The van der Waals surface area contributed by atoms with Gasteiger partial charge in [0.05, 0.1) is 30.8 Å². The van der Waals surface area contributed by atoms with Crippen LogP contribution in [-0.2, 0) is 14.8 Å². The number of rotatable bonds is 9. The Bertz CT molecular complexity index is 1300. The molecule has 0 fully saturated rings. The van der Waals surface area contributed by atoms with Crippen molar-refractivity contribution in [3.05, 3.63) is 82.9 Å². The van der Waals surface area contributed by atoms with Gasteiger partial charge in [0, 0.05) is 5.56 Å². The van der Waals surface area contributed by atoms with Crippen molar-refractivity contribution in [3.8, 4) is 11.5 Å². The number of aryl methyl sites for hydroxylation is 2. The Balaban J connectivity index is 1.96.